The summed E-state index contributed by atoms with van der Waals surface area (Å²) in [6.45, 7) is 8.65. The summed E-state index contributed by atoms with van der Waals surface area (Å²) in [6, 6.07) is 19.8. The number of nitrogens with zero attached hydrogens (tertiary/aromatic N) is 1. The molecule has 0 amide bonds. The third-order valence-corrected chi connectivity index (χ3v) is 4.62. The number of benzene rings is 2. The summed E-state index contributed by atoms with van der Waals surface area (Å²) in [5.41, 5.74) is 4.17. The van der Waals surface area contributed by atoms with Crippen molar-refractivity contribution in [3.05, 3.63) is 71.3 Å². The van der Waals surface area contributed by atoms with Crippen molar-refractivity contribution in [1.82, 2.24) is 10.2 Å². The van der Waals surface area contributed by atoms with E-state index >= 15 is 0 Å². The van der Waals surface area contributed by atoms with Crippen LogP contribution in [0.3, 0.4) is 0 Å². The van der Waals surface area contributed by atoms with Crippen molar-refractivity contribution >= 4 is 0 Å². The Balaban J connectivity index is 1.86. The van der Waals surface area contributed by atoms with Crippen molar-refractivity contribution < 1.29 is 0 Å². The number of aryl methyl sites for hydroxylation is 1. The van der Waals surface area contributed by atoms with Gasteiger partial charge in [-0.2, -0.15) is 0 Å². The molecule has 2 nitrogen and oxygen atoms in total. The van der Waals surface area contributed by atoms with Crippen LogP contribution in [-0.2, 0) is 12.1 Å². The molecule has 1 unspecified atom stereocenters. The predicted molar refractivity (Wildman–Crippen MR) is 88.3 cm³/mol. The van der Waals surface area contributed by atoms with Gasteiger partial charge in [-0.05, 0) is 25.0 Å². The first-order chi connectivity index (χ1) is 10.2. The molecule has 0 bridgehead atoms. The first-order valence-electron chi connectivity index (χ1n) is 7.75. The minimum Gasteiger partial charge on any atom is -0.313 e. The standard InChI is InChI=1S/C19H24N2/c1-16-8-10-17(11-9-16)14-21-13-12-20-15-19(21,2)18-6-4-3-5-7-18/h3-11,20H,12-15H2,1-2H3. The van der Waals surface area contributed by atoms with Gasteiger partial charge in [0.1, 0.15) is 0 Å². The van der Waals surface area contributed by atoms with Gasteiger partial charge in [0.15, 0.2) is 0 Å². The first-order valence-corrected chi connectivity index (χ1v) is 7.75. The van der Waals surface area contributed by atoms with Crippen LogP contribution >= 0.6 is 0 Å². The van der Waals surface area contributed by atoms with Crippen molar-refractivity contribution in [2.24, 2.45) is 0 Å². The molecular formula is C19H24N2. The van der Waals surface area contributed by atoms with Crippen molar-refractivity contribution in [2.45, 2.75) is 25.9 Å². The fourth-order valence-corrected chi connectivity index (χ4v) is 3.15. The lowest BCUT2D eigenvalue weighted by Gasteiger charge is -2.45. The molecule has 2 aromatic rings. The number of hydrogen-bond acceptors (Lipinski definition) is 2. The zero-order valence-corrected chi connectivity index (χ0v) is 13.0. The SMILES string of the molecule is Cc1ccc(CN2CCNCC2(C)c2ccccc2)cc1. The highest BCUT2D eigenvalue weighted by Crippen LogP contribution is 2.30. The predicted octanol–water partition coefficient (Wildman–Crippen LogP) is 3.32. The van der Waals surface area contributed by atoms with Gasteiger partial charge in [-0.1, -0.05) is 60.2 Å². The lowest BCUT2D eigenvalue weighted by molar-refractivity contribution is 0.0650. The van der Waals surface area contributed by atoms with Crippen LogP contribution in [0.2, 0.25) is 0 Å². The highest BCUT2D eigenvalue weighted by Gasteiger charge is 2.35. The highest BCUT2D eigenvalue weighted by molar-refractivity contribution is 5.27. The molecule has 0 aromatic heterocycles. The Labute approximate surface area is 127 Å². The molecule has 3 rings (SSSR count). The summed E-state index contributed by atoms with van der Waals surface area (Å²) in [5, 5.41) is 3.56. The summed E-state index contributed by atoms with van der Waals surface area (Å²) < 4.78 is 0. The highest BCUT2D eigenvalue weighted by atomic mass is 15.3. The molecule has 1 saturated heterocycles. The van der Waals surface area contributed by atoms with Crippen LogP contribution in [0.5, 0.6) is 0 Å². The monoisotopic (exact) mass is 280 g/mol. The van der Waals surface area contributed by atoms with Gasteiger partial charge in [0, 0.05) is 26.2 Å². The van der Waals surface area contributed by atoms with E-state index in [0.29, 0.717) is 0 Å². The molecule has 1 heterocycles. The lowest BCUT2D eigenvalue weighted by Crippen LogP contribution is -2.56. The number of piperazine rings is 1. The third kappa shape index (κ3) is 3.02. The fraction of sp³-hybridized carbons (Fsp3) is 0.368. The zero-order chi connectivity index (χ0) is 14.7. The third-order valence-electron chi connectivity index (χ3n) is 4.62. The molecular weight excluding hydrogens is 256 g/mol. The Morgan fingerprint density at radius 2 is 1.76 bits per heavy atom. The molecule has 2 aromatic carbocycles. The van der Waals surface area contributed by atoms with Gasteiger partial charge in [0.05, 0.1) is 5.54 Å². The van der Waals surface area contributed by atoms with Gasteiger partial charge in [0.2, 0.25) is 0 Å². The van der Waals surface area contributed by atoms with Crippen molar-refractivity contribution in [3.63, 3.8) is 0 Å². The van der Waals surface area contributed by atoms with E-state index in [2.05, 4.69) is 78.7 Å². The van der Waals surface area contributed by atoms with Gasteiger partial charge in [-0.15, -0.1) is 0 Å². The van der Waals surface area contributed by atoms with Crippen LogP contribution in [0.1, 0.15) is 23.6 Å². The van der Waals surface area contributed by atoms with E-state index in [1.165, 1.54) is 16.7 Å². The summed E-state index contributed by atoms with van der Waals surface area (Å²) in [6.07, 6.45) is 0. The quantitative estimate of drug-likeness (QED) is 0.928. The Morgan fingerprint density at radius 3 is 2.48 bits per heavy atom. The molecule has 0 spiro atoms. The van der Waals surface area contributed by atoms with Crippen molar-refractivity contribution in [2.75, 3.05) is 19.6 Å². The molecule has 0 radical (unpaired) electrons. The van der Waals surface area contributed by atoms with Gasteiger partial charge < -0.3 is 5.32 Å². The summed E-state index contributed by atoms with van der Waals surface area (Å²) >= 11 is 0. The number of nitrogens with one attached hydrogen (secondary N) is 1. The normalized spacial score (nSPS) is 23.1. The zero-order valence-electron chi connectivity index (χ0n) is 13.0. The van der Waals surface area contributed by atoms with E-state index in [9.17, 15) is 0 Å². The molecule has 110 valence electrons. The Hall–Kier alpha value is -1.64. The second-order valence-electron chi connectivity index (χ2n) is 6.22. The van der Waals surface area contributed by atoms with Gasteiger partial charge in [-0.3, -0.25) is 4.90 Å². The van der Waals surface area contributed by atoms with Gasteiger partial charge in [-0.25, -0.2) is 0 Å². The van der Waals surface area contributed by atoms with Gasteiger partial charge in [0.25, 0.3) is 0 Å². The molecule has 1 N–H and O–H groups in total. The summed E-state index contributed by atoms with van der Waals surface area (Å²) in [7, 11) is 0. The fourth-order valence-electron chi connectivity index (χ4n) is 3.15. The maximum Gasteiger partial charge on any atom is 0.0561 e. The van der Waals surface area contributed by atoms with Crippen LogP contribution in [-0.4, -0.2) is 24.5 Å². The molecule has 1 fully saturated rings. The maximum absolute atomic E-state index is 3.56. The van der Waals surface area contributed by atoms with Crippen LogP contribution < -0.4 is 5.32 Å². The molecule has 0 saturated carbocycles. The minimum atomic E-state index is 0.0599. The molecule has 2 heteroatoms. The summed E-state index contributed by atoms with van der Waals surface area (Å²) in [4.78, 5) is 2.60. The van der Waals surface area contributed by atoms with Crippen molar-refractivity contribution in [3.8, 4) is 0 Å². The minimum absolute atomic E-state index is 0.0599. The molecule has 1 atom stereocenters. The smallest absolute Gasteiger partial charge is 0.0561 e. The summed E-state index contributed by atoms with van der Waals surface area (Å²) in [5.74, 6) is 0. The van der Waals surface area contributed by atoms with Crippen LogP contribution in [0.15, 0.2) is 54.6 Å². The molecule has 0 aliphatic carbocycles. The number of hydrogen-bond donors (Lipinski definition) is 1. The van der Waals surface area contributed by atoms with E-state index in [-0.39, 0.29) is 5.54 Å². The molecule has 1 aliphatic heterocycles. The van der Waals surface area contributed by atoms with E-state index in [1.54, 1.807) is 0 Å². The van der Waals surface area contributed by atoms with E-state index < -0.39 is 0 Å². The Morgan fingerprint density at radius 1 is 1.05 bits per heavy atom. The topological polar surface area (TPSA) is 15.3 Å². The van der Waals surface area contributed by atoms with E-state index in [4.69, 9.17) is 0 Å². The van der Waals surface area contributed by atoms with Crippen LogP contribution in [0.25, 0.3) is 0 Å². The molecule has 1 aliphatic rings. The van der Waals surface area contributed by atoms with Crippen molar-refractivity contribution in [1.29, 1.82) is 0 Å². The number of rotatable bonds is 3. The second kappa shape index (κ2) is 6.00. The first kappa shape index (κ1) is 14.3. The van der Waals surface area contributed by atoms with E-state index in [1.807, 2.05) is 0 Å². The van der Waals surface area contributed by atoms with Crippen LogP contribution in [0, 0.1) is 6.92 Å². The average molecular weight is 280 g/mol. The maximum atomic E-state index is 3.56. The average Bonchev–Trinajstić information content (AvgIpc) is 2.53. The molecule has 21 heavy (non-hydrogen) atoms. The Bertz CT molecular complexity index is 576. The largest absolute Gasteiger partial charge is 0.313 e. The lowest BCUT2D eigenvalue weighted by atomic mass is 9.88. The Kier molecular flexibility index (Phi) is 4.09. The van der Waals surface area contributed by atoms with E-state index in [0.717, 1.165) is 26.2 Å². The second-order valence-corrected chi connectivity index (χ2v) is 6.22. The van der Waals surface area contributed by atoms with Crippen LogP contribution in [0.4, 0.5) is 0 Å². The van der Waals surface area contributed by atoms with Gasteiger partial charge >= 0.3 is 0 Å².